The first-order valence-electron chi connectivity index (χ1n) is 13.2. The summed E-state index contributed by atoms with van der Waals surface area (Å²) in [7, 11) is 0. The predicted molar refractivity (Wildman–Crippen MR) is 161 cm³/mol. The van der Waals surface area contributed by atoms with Crippen molar-refractivity contribution in [1.29, 1.82) is 0 Å². The van der Waals surface area contributed by atoms with E-state index in [9.17, 15) is 0 Å². The van der Waals surface area contributed by atoms with E-state index in [2.05, 4.69) is 55.5 Å². The van der Waals surface area contributed by atoms with Gasteiger partial charge in [0.1, 0.15) is 17.3 Å². The molecule has 5 aromatic rings. The van der Waals surface area contributed by atoms with Crippen molar-refractivity contribution in [3.63, 3.8) is 0 Å². The summed E-state index contributed by atoms with van der Waals surface area (Å²) in [5.74, 6) is 3.15. The van der Waals surface area contributed by atoms with E-state index in [-0.39, 0.29) is 0 Å². The fourth-order valence-corrected chi connectivity index (χ4v) is 5.71. The van der Waals surface area contributed by atoms with E-state index in [1.54, 1.807) is 6.20 Å². The summed E-state index contributed by atoms with van der Waals surface area (Å²) in [6.45, 7) is 3.95. The minimum atomic E-state index is 0.533. The van der Waals surface area contributed by atoms with Crippen LogP contribution in [0.25, 0.3) is 16.9 Å². The topological polar surface area (TPSA) is 54.7 Å². The molecule has 1 saturated heterocycles. The van der Waals surface area contributed by atoms with Crippen molar-refractivity contribution in [1.82, 2.24) is 19.5 Å². The molecule has 6 rings (SSSR count). The van der Waals surface area contributed by atoms with Crippen molar-refractivity contribution in [3.05, 3.63) is 106 Å². The van der Waals surface area contributed by atoms with E-state index in [0.717, 1.165) is 64.9 Å². The lowest BCUT2D eigenvalue weighted by atomic mass is 9.97. The van der Waals surface area contributed by atoms with Gasteiger partial charge in [-0.1, -0.05) is 60.1 Å². The summed E-state index contributed by atoms with van der Waals surface area (Å²) in [6, 6.07) is 28.2. The quantitative estimate of drug-likeness (QED) is 0.195. The molecular weight excluding hydrogens is 574 g/mol. The number of aromatic nitrogens is 3. The van der Waals surface area contributed by atoms with Crippen LogP contribution in [0.1, 0.15) is 18.4 Å². The molecule has 0 aliphatic carbocycles. The Hall–Kier alpha value is -3.39. The van der Waals surface area contributed by atoms with Gasteiger partial charge in [-0.3, -0.25) is 4.90 Å². The Labute approximate surface area is 241 Å². The molecule has 1 N–H and O–H groups in total. The number of nitrogens with one attached hydrogen (secondary N) is 1. The van der Waals surface area contributed by atoms with Crippen LogP contribution in [0.3, 0.4) is 0 Å². The number of hydrogen-bond donors (Lipinski definition) is 1. The average molecular weight is 603 g/mol. The van der Waals surface area contributed by atoms with Crippen molar-refractivity contribution in [3.8, 4) is 22.8 Å². The first kappa shape index (κ1) is 25.9. The highest BCUT2D eigenvalue weighted by Crippen LogP contribution is 2.31. The molecule has 1 fully saturated rings. The smallest absolute Gasteiger partial charge is 0.172 e. The van der Waals surface area contributed by atoms with Crippen LogP contribution < -0.4 is 10.1 Å². The molecule has 0 radical (unpaired) electrons. The highest BCUT2D eigenvalue weighted by atomic mass is 79.9. The van der Waals surface area contributed by atoms with E-state index >= 15 is 0 Å². The summed E-state index contributed by atoms with van der Waals surface area (Å²) in [6.07, 6.45) is 4.16. The molecule has 0 bridgehead atoms. The molecule has 1 aliphatic rings. The van der Waals surface area contributed by atoms with Crippen molar-refractivity contribution in [2.45, 2.75) is 19.4 Å². The molecule has 0 spiro atoms. The zero-order valence-electron chi connectivity index (χ0n) is 21.4. The van der Waals surface area contributed by atoms with E-state index in [0.29, 0.717) is 10.9 Å². The van der Waals surface area contributed by atoms with Crippen LogP contribution in [0, 0.1) is 5.92 Å². The Balaban J connectivity index is 1.11. The second-order valence-corrected chi connectivity index (χ2v) is 11.2. The van der Waals surface area contributed by atoms with Crippen LogP contribution in [0.4, 0.5) is 5.82 Å². The summed E-state index contributed by atoms with van der Waals surface area (Å²) in [5.41, 5.74) is 3.79. The summed E-state index contributed by atoms with van der Waals surface area (Å²) in [4.78, 5) is 7.37. The minimum absolute atomic E-state index is 0.533. The lowest BCUT2D eigenvalue weighted by Crippen LogP contribution is -2.37. The predicted octanol–water partition coefficient (Wildman–Crippen LogP) is 7.93. The van der Waals surface area contributed by atoms with Crippen LogP contribution >= 0.6 is 27.5 Å². The molecule has 2 aromatic heterocycles. The maximum atomic E-state index is 6.50. The van der Waals surface area contributed by atoms with Gasteiger partial charge in [0.2, 0.25) is 0 Å². The number of nitrogens with zero attached hydrogens (tertiary/aromatic N) is 4. The molecule has 1 unspecified atom stereocenters. The van der Waals surface area contributed by atoms with Gasteiger partial charge in [0.25, 0.3) is 0 Å². The second kappa shape index (κ2) is 11.8. The SMILES string of the molecule is Clc1ccccc1-c1cc(NCC2CCCN(Cc3ccc(Oc4ccccc4)cc3)C2)n2ncc(Br)c2n1. The maximum Gasteiger partial charge on any atom is 0.172 e. The monoisotopic (exact) mass is 601 g/mol. The molecule has 1 atom stereocenters. The molecular formula is C31H29BrClN5O. The fourth-order valence-electron chi connectivity index (χ4n) is 5.13. The number of ether oxygens (including phenoxy) is 1. The van der Waals surface area contributed by atoms with E-state index in [1.807, 2.05) is 65.2 Å². The van der Waals surface area contributed by atoms with E-state index in [4.69, 9.17) is 21.3 Å². The third kappa shape index (κ3) is 6.11. The number of rotatable bonds is 8. The lowest BCUT2D eigenvalue weighted by Gasteiger charge is -2.33. The Morgan fingerprint density at radius 3 is 2.56 bits per heavy atom. The molecule has 0 saturated carbocycles. The number of fused-ring (bicyclic) bond motifs is 1. The van der Waals surface area contributed by atoms with Gasteiger partial charge in [0.15, 0.2) is 5.65 Å². The van der Waals surface area contributed by atoms with Crippen LogP contribution in [0.15, 0.2) is 95.6 Å². The highest BCUT2D eigenvalue weighted by Gasteiger charge is 2.21. The summed E-state index contributed by atoms with van der Waals surface area (Å²) < 4.78 is 8.65. The van der Waals surface area contributed by atoms with Gasteiger partial charge in [0, 0.05) is 36.3 Å². The third-order valence-corrected chi connectivity index (χ3v) is 7.95. The number of halogens is 2. The number of piperidine rings is 1. The number of anilines is 1. The summed E-state index contributed by atoms with van der Waals surface area (Å²) >= 11 is 10.1. The van der Waals surface area contributed by atoms with Gasteiger partial charge in [-0.25, -0.2) is 4.98 Å². The Kier molecular flexibility index (Phi) is 7.81. The average Bonchev–Trinajstić information content (AvgIpc) is 3.34. The first-order valence-corrected chi connectivity index (χ1v) is 14.4. The zero-order valence-corrected chi connectivity index (χ0v) is 23.8. The van der Waals surface area contributed by atoms with Crippen LogP contribution in [-0.4, -0.2) is 39.1 Å². The first-order chi connectivity index (χ1) is 19.1. The van der Waals surface area contributed by atoms with Gasteiger partial charge in [0.05, 0.1) is 16.4 Å². The van der Waals surface area contributed by atoms with Crippen molar-refractivity contribution in [2.75, 3.05) is 25.0 Å². The molecule has 3 aromatic carbocycles. The molecule has 6 nitrogen and oxygen atoms in total. The minimum Gasteiger partial charge on any atom is -0.457 e. The molecule has 198 valence electrons. The molecule has 8 heteroatoms. The molecule has 1 aliphatic heterocycles. The van der Waals surface area contributed by atoms with Crippen LogP contribution in [0.2, 0.25) is 5.02 Å². The molecule has 39 heavy (non-hydrogen) atoms. The number of benzene rings is 3. The normalized spacial score (nSPS) is 15.9. The van der Waals surface area contributed by atoms with Crippen molar-refractivity contribution < 1.29 is 4.74 Å². The number of hydrogen-bond acceptors (Lipinski definition) is 5. The van der Waals surface area contributed by atoms with Crippen molar-refractivity contribution in [2.24, 2.45) is 5.92 Å². The summed E-state index contributed by atoms with van der Waals surface area (Å²) in [5, 5.41) is 8.88. The Morgan fingerprint density at radius 1 is 0.974 bits per heavy atom. The van der Waals surface area contributed by atoms with E-state index in [1.165, 1.54) is 18.4 Å². The van der Waals surface area contributed by atoms with Crippen LogP contribution in [0.5, 0.6) is 11.5 Å². The second-order valence-electron chi connectivity index (χ2n) is 9.92. The Morgan fingerprint density at radius 2 is 1.74 bits per heavy atom. The zero-order chi connectivity index (χ0) is 26.6. The Bertz CT molecular complexity index is 1560. The lowest BCUT2D eigenvalue weighted by molar-refractivity contribution is 0.173. The van der Waals surface area contributed by atoms with Crippen molar-refractivity contribution >= 4 is 39.0 Å². The number of para-hydroxylation sites is 1. The fraction of sp³-hybridized carbons (Fsp3) is 0.226. The van der Waals surface area contributed by atoms with Gasteiger partial charge >= 0.3 is 0 Å². The highest BCUT2D eigenvalue weighted by molar-refractivity contribution is 9.10. The molecule has 3 heterocycles. The number of likely N-dealkylation sites (tertiary alicyclic amines) is 1. The largest absolute Gasteiger partial charge is 0.457 e. The molecule has 0 amide bonds. The van der Waals surface area contributed by atoms with E-state index < -0.39 is 0 Å². The maximum absolute atomic E-state index is 6.50. The van der Waals surface area contributed by atoms with Gasteiger partial charge in [-0.05, 0) is 77.1 Å². The van der Waals surface area contributed by atoms with Gasteiger partial charge < -0.3 is 10.1 Å². The van der Waals surface area contributed by atoms with Crippen LogP contribution in [-0.2, 0) is 6.54 Å². The standard InChI is InChI=1S/C31H29BrClN5O/c32-27-19-35-38-30(17-29(36-31(27)38)26-10-4-5-11-28(26)33)34-18-23-7-6-16-37(21-23)20-22-12-14-25(15-13-22)39-24-8-2-1-3-9-24/h1-5,8-15,17,19,23,34H,6-7,16,18,20-21H2. The van der Waals surface area contributed by atoms with Gasteiger partial charge in [-0.2, -0.15) is 9.61 Å². The third-order valence-electron chi connectivity index (χ3n) is 7.06. The van der Waals surface area contributed by atoms with Gasteiger partial charge in [-0.15, -0.1) is 0 Å².